The van der Waals surface area contributed by atoms with Gasteiger partial charge in [-0.3, -0.25) is 0 Å². The van der Waals surface area contributed by atoms with E-state index in [1.807, 2.05) is 19.2 Å². The standard InChI is InChI=1S/C12H18BrNO2/c1-9(14-2)11-8-10(13)4-5-12(11)16-7-6-15-3/h4-5,8-9,14H,6-7H2,1-3H3. The summed E-state index contributed by atoms with van der Waals surface area (Å²) in [5.74, 6) is 0.905. The van der Waals surface area contributed by atoms with Crippen LogP contribution in [0.2, 0.25) is 0 Å². The first-order chi connectivity index (χ1) is 7.69. The molecule has 4 heteroatoms. The number of halogens is 1. The summed E-state index contributed by atoms with van der Waals surface area (Å²) in [6, 6.07) is 6.29. The fourth-order valence-corrected chi connectivity index (χ4v) is 1.76. The molecule has 0 aliphatic heterocycles. The Kier molecular flexibility index (Phi) is 5.80. The third-order valence-corrected chi connectivity index (χ3v) is 2.91. The third-order valence-electron chi connectivity index (χ3n) is 2.42. The van der Waals surface area contributed by atoms with Gasteiger partial charge in [-0.2, -0.15) is 0 Å². The summed E-state index contributed by atoms with van der Waals surface area (Å²) in [6.07, 6.45) is 0. The fourth-order valence-electron chi connectivity index (χ4n) is 1.38. The molecule has 1 atom stereocenters. The van der Waals surface area contributed by atoms with Gasteiger partial charge in [0.2, 0.25) is 0 Å². The van der Waals surface area contributed by atoms with E-state index in [1.165, 1.54) is 0 Å². The summed E-state index contributed by atoms with van der Waals surface area (Å²) < 4.78 is 11.7. The Hall–Kier alpha value is -0.580. The Labute approximate surface area is 105 Å². The molecule has 0 aliphatic carbocycles. The molecule has 0 aliphatic rings. The van der Waals surface area contributed by atoms with E-state index in [2.05, 4.69) is 34.2 Å². The van der Waals surface area contributed by atoms with E-state index in [0.717, 1.165) is 15.8 Å². The Balaban J connectivity index is 2.80. The molecule has 0 fully saturated rings. The average Bonchev–Trinajstić information content (AvgIpc) is 2.30. The molecule has 0 spiro atoms. The summed E-state index contributed by atoms with van der Waals surface area (Å²) in [6.45, 7) is 3.27. The lowest BCUT2D eigenvalue weighted by molar-refractivity contribution is 0.145. The van der Waals surface area contributed by atoms with Crippen molar-refractivity contribution in [3.05, 3.63) is 28.2 Å². The lowest BCUT2D eigenvalue weighted by Crippen LogP contribution is -2.14. The zero-order valence-corrected chi connectivity index (χ0v) is 11.5. The molecular formula is C12H18BrNO2. The largest absolute Gasteiger partial charge is 0.491 e. The van der Waals surface area contributed by atoms with Crippen LogP contribution in [0.5, 0.6) is 5.75 Å². The van der Waals surface area contributed by atoms with Gasteiger partial charge in [-0.15, -0.1) is 0 Å². The van der Waals surface area contributed by atoms with Gasteiger partial charge in [0.25, 0.3) is 0 Å². The van der Waals surface area contributed by atoms with Crippen LogP contribution in [-0.2, 0) is 4.74 Å². The average molecular weight is 288 g/mol. The number of ether oxygens (including phenoxy) is 2. The molecule has 1 aromatic rings. The molecule has 0 saturated heterocycles. The molecule has 0 radical (unpaired) electrons. The zero-order valence-electron chi connectivity index (χ0n) is 9.92. The van der Waals surface area contributed by atoms with Crippen LogP contribution in [0.25, 0.3) is 0 Å². The van der Waals surface area contributed by atoms with E-state index in [1.54, 1.807) is 7.11 Å². The Bertz CT molecular complexity index is 331. The van der Waals surface area contributed by atoms with Crippen LogP contribution < -0.4 is 10.1 Å². The summed E-state index contributed by atoms with van der Waals surface area (Å²) in [7, 11) is 3.60. The van der Waals surface area contributed by atoms with Crippen molar-refractivity contribution in [2.24, 2.45) is 0 Å². The summed E-state index contributed by atoms with van der Waals surface area (Å²) in [5.41, 5.74) is 1.15. The number of hydrogen-bond acceptors (Lipinski definition) is 3. The second-order valence-electron chi connectivity index (χ2n) is 3.53. The quantitative estimate of drug-likeness (QED) is 0.816. The van der Waals surface area contributed by atoms with Crippen LogP contribution in [0.3, 0.4) is 0 Å². The molecule has 16 heavy (non-hydrogen) atoms. The maximum atomic E-state index is 5.67. The molecule has 1 N–H and O–H groups in total. The van der Waals surface area contributed by atoms with Gasteiger partial charge in [0, 0.05) is 23.2 Å². The molecule has 1 aromatic carbocycles. The van der Waals surface area contributed by atoms with Crippen molar-refractivity contribution in [3.63, 3.8) is 0 Å². The van der Waals surface area contributed by atoms with Gasteiger partial charge in [0.05, 0.1) is 6.61 Å². The minimum absolute atomic E-state index is 0.259. The Morgan fingerprint density at radius 1 is 1.38 bits per heavy atom. The van der Waals surface area contributed by atoms with Crippen molar-refractivity contribution < 1.29 is 9.47 Å². The van der Waals surface area contributed by atoms with Crippen molar-refractivity contribution in [2.45, 2.75) is 13.0 Å². The number of methoxy groups -OCH3 is 1. The molecule has 0 saturated carbocycles. The normalized spacial score (nSPS) is 12.5. The Morgan fingerprint density at radius 2 is 2.12 bits per heavy atom. The van der Waals surface area contributed by atoms with Gasteiger partial charge in [-0.05, 0) is 32.2 Å². The lowest BCUT2D eigenvalue weighted by Gasteiger charge is -2.16. The van der Waals surface area contributed by atoms with Crippen molar-refractivity contribution in [3.8, 4) is 5.75 Å². The van der Waals surface area contributed by atoms with Gasteiger partial charge in [0.1, 0.15) is 12.4 Å². The Morgan fingerprint density at radius 3 is 2.75 bits per heavy atom. The van der Waals surface area contributed by atoms with Crippen molar-refractivity contribution in [1.29, 1.82) is 0 Å². The molecule has 0 aromatic heterocycles. The monoisotopic (exact) mass is 287 g/mol. The van der Waals surface area contributed by atoms with Crippen LogP contribution in [0.4, 0.5) is 0 Å². The van der Waals surface area contributed by atoms with Gasteiger partial charge in [0.15, 0.2) is 0 Å². The van der Waals surface area contributed by atoms with Gasteiger partial charge in [-0.1, -0.05) is 15.9 Å². The summed E-state index contributed by atoms with van der Waals surface area (Å²) in [5, 5.41) is 3.21. The molecule has 0 bridgehead atoms. The van der Waals surface area contributed by atoms with E-state index >= 15 is 0 Å². The smallest absolute Gasteiger partial charge is 0.124 e. The summed E-state index contributed by atoms with van der Waals surface area (Å²) in [4.78, 5) is 0. The first-order valence-corrected chi connectivity index (χ1v) is 6.06. The fraction of sp³-hybridized carbons (Fsp3) is 0.500. The predicted molar refractivity (Wildman–Crippen MR) is 69.0 cm³/mol. The highest BCUT2D eigenvalue weighted by atomic mass is 79.9. The molecule has 0 heterocycles. The van der Waals surface area contributed by atoms with E-state index in [4.69, 9.17) is 9.47 Å². The predicted octanol–water partition coefficient (Wildman–Crippen LogP) is 2.75. The third kappa shape index (κ3) is 3.77. The number of benzene rings is 1. The van der Waals surface area contributed by atoms with Gasteiger partial charge in [-0.25, -0.2) is 0 Å². The minimum Gasteiger partial charge on any atom is -0.491 e. The molecular weight excluding hydrogens is 270 g/mol. The van der Waals surface area contributed by atoms with Crippen LogP contribution >= 0.6 is 15.9 Å². The highest BCUT2D eigenvalue weighted by Crippen LogP contribution is 2.28. The molecule has 0 amide bonds. The SMILES string of the molecule is CNC(C)c1cc(Br)ccc1OCCOC. The van der Waals surface area contributed by atoms with Crippen LogP contribution in [0.15, 0.2) is 22.7 Å². The molecule has 90 valence electrons. The highest BCUT2D eigenvalue weighted by Gasteiger charge is 2.10. The van der Waals surface area contributed by atoms with Gasteiger partial charge >= 0.3 is 0 Å². The molecule has 1 unspecified atom stereocenters. The van der Waals surface area contributed by atoms with E-state index in [0.29, 0.717) is 13.2 Å². The minimum atomic E-state index is 0.259. The highest BCUT2D eigenvalue weighted by molar-refractivity contribution is 9.10. The topological polar surface area (TPSA) is 30.5 Å². The molecule has 3 nitrogen and oxygen atoms in total. The maximum absolute atomic E-state index is 5.67. The first kappa shape index (κ1) is 13.5. The van der Waals surface area contributed by atoms with E-state index in [9.17, 15) is 0 Å². The summed E-state index contributed by atoms with van der Waals surface area (Å²) >= 11 is 3.47. The zero-order chi connectivity index (χ0) is 12.0. The number of rotatable bonds is 6. The van der Waals surface area contributed by atoms with Crippen LogP contribution in [0.1, 0.15) is 18.5 Å². The second-order valence-corrected chi connectivity index (χ2v) is 4.45. The van der Waals surface area contributed by atoms with Crippen molar-refractivity contribution in [1.82, 2.24) is 5.32 Å². The van der Waals surface area contributed by atoms with E-state index in [-0.39, 0.29) is 6.04 Å². The number of hydrogen-bond donors (Lipinski definition) is 1. The van der Waals surface area contributed by atoms with Gasteiger partial charge < -0.3 is 14.8 Å². The van der Waals surface area contributed by atoms with Crippen molar-refractivity contribution >= 4 is 15.9 Å². The lowest BCUT2D eigenvalue weighted by atomic mass is 10.1. The van der Waals surface area contributed by atoms with E-state index < -0.39 is 0 Å². The maximum Gasteiger partial charge on any atom is 0.124 e. The number of nitrogens with one attached hydrogen (secondary N) is 1. The van der Waals surface area contributed by atoms with Crippen LogP contribution in [-0.4, -0.2) is 27.4 Å². The van der Waals surface area contributed by atoms with Crippen LogP contribution in [0, 0.1) is 0 Å². The second kappa shape index (κ2) is 6.89. The first-order valence-electron chi connectivity index (χ1n) is 5.27. The van der Waals surface area contributed by atoms with Crippen molar-refractivity contribution in [2.75, 3.05) is 27.4 Å². The molecule has 1 rings (SSSR count).